The van der Waals surface area contributed by atoms with Gasteiger partial charge in [0.25, 0.3) is 5.91 Å². The van der Waals surface area contributed by atoms with Gasteiger partial charge >= 0.3 is 0 Å². The van der Waals surface area contributed by atoms with Crippen LogP contribution >= 0.6 is 0 Å². The Kier molecular flexibility index (Phi) is 3.86. The number of piperidine rings is 1. The van der Waals surface area contributed by atoms with Gasteiger partial charge in [0.2, 0.25) is 5.91 Å². The zero-order chi connectivity index (χ0) is 16.8. The van der Waals surface area contributed by atoms with E-state index in [0.29, 0.717) is 17.3 Å². The Labute approximate surface area is 136 Å². The van der Waals surface area contributed by atoms with Gasteiger partial charge in [0, 0.05) is 25.3 Å². The molecule has 0 saturated carbocycles. The Bertz CT molecular complexity index is 648. The smallest absolute Gasteiger partial charge is 0.257 e. The fourth-order valence-corrected chi connectivity index (χ4v) is 3.68. The minimum Gasteiger partial charge on any atom is -0.351 e. The SMILES string of the molecule is Cc1ncc(C(=O)N2CCC(C3NC(=O)C3(C)C)CC2)c(C)n1. The molecule has 2 aliphatic heterocycles. The standard InChI is InChI=1S/C17H24N4O2/c1-10-13(9-18-11(2)19-10)15(22)21-7-5-12(6-8-21)14-17(3,4)16(23)20-14/h9,12,14H,5-8H2,1-4H3,(H,20,23). The van der Waals surface area contributed by atoms with Crippen molar-refractivity contribution in [3.05, 3.63) is 23.3 Å². The second kappa shape index (κ2) is 5.58. The summed E-state index contributed by atoms with van der Waals surface area (Å²) in [6.45, 7) is 9.11. The molecule has 2 saturated heterocycles. The number of rotatable bonds is 2. The molecular weight excluding hydrogens is 292 g/mol. The van der Waals surface area contributed by atoms with Crippen molar-refractivity contribution in [2.45, 2.75) is 46.6 Å². The van der Waals surface area contributed by atoms with Crippen molar-refractivity contribution in [1.82, 2.24) is 20.2 Å². The zero-order valence-electron chi connectivity index (χ0n) is 14.2. The third-order valence-electron chi connectivity index (χ3n) is 5.28. The highest BCUT2D eigenvalue weighted by Crippen LogP contribution is 2.38. The van der Waals surface area contributed by atoms with Gasteiger partial charge in [0.1, 0.15) is 5.82 Å². The van der Waals surface area contributed by atoms with Gasteiger partial charge in [-0.25, -0.2) is 9.97 Å². The number of amides is 2. The molecule has 2 amide bonds. The lowest BCUT2D eigenvalue weighted by Crippen LogP contribution is -2.68. The van der Waals surface area contributed by atoms with E-state index in [1.54, 1.807) is 6.20 Å². The van der Waals surface area contributed by atoms with Crippen LogP contribution in [0.4, 0.5) is 0 Å². The molecule has 1 aromatic rings. The second-order valence-electron chi connectivity index (χ2n) is 7.22. The molecule has 1 aromatic heterocycles. The van der Waals surface area contributed by atoms with Crippen LogP contribution in [0.1, 0.15) is 48.6 Å². The number of nitrogens with one attached hydrogen (secondary N) is 1. The first-order chi connectivity index (χ1) is 10.8. The number of aromatic nitrogens is 2. The monoisotopic (exact) mass is 316 g/mol. The van der Waals surface area contributed by atoms with Crippen LogP contribution < -0.4 is 5.32 Å². The summed E-state index contributed by atoms with van der Waals surface area (Å²) in [6.07, 6.45) is 3.47. The molecule has 0 aromatic carbocycles. The molecule has 1 atom stereocenters. The Morgan fingerprint density at radius 1 is 1.30 bits per heavy atom. The first kappa shape index (κ1) is 15.9. The van der Waals surface area contributed by atoms with Gasteiger partial charge in [-0.2, -0.15) is 0 Å². The third kappa shape index (κ3) is 2.71. The fourth-order valence-electron chi connectivity index (χ4n) is 3.68. The minimum atomic E-state index is -0.280. The van der Waals surface area contributed by atoms with E-state index >= 15 is 0 Å². The van der Waals surface area contributed by atoms with E-state index in [4.69, 9.17) is 0 Å². The number of hydrogen-bond donors (Lipinski definition) is 1. The van der Waals surface area contributed by atoms with E-state index in [1.165, 1.54) is 0 Å². The largest absolute Gasteiger partial charge is 0.351 e. The maximum atomic E-state index is 12.6. The fraction of sp³-hybridized carbons (Fsp3) is 0.647. The van der Waals surface area contributed by atoms with Gasteiger partial charge in [0.05, 0.1) is 16.7 Å². The maximum absolute atomic E-state index is 12.6. The number of carbonyl (C=O) groups excluding carboxylic acids is 2. The van der Waals surface area contributed by atoms with Crippen molar-refractivity contribution in [3.8, 4) is 0 Å². The molecule has 3 heterocycles. The Morgan fingerprint density at radius 3 is 2.48 bits per heavy atom. The molecule has 0 bridgehead atoms. The first-order valence-corrected chi connectivity index (χ1v) is 8.21. The second-order valence-corrected chi connectivity index (χ2v) is 7.22. The van der Waals surface area contributed by atoms with Crippen molar-refractivity contribution >= 4 is 11.8 Å². The molecule has 0 aliphatic carbocycles. The molecule has 0 radical (unpaired) electrons. The van der Waals surface area contributed by atoms with Crippen molar-refractivity contribution in [3.63, 3.8) is 0 Å². The van der Waals surface area contributed by atoms with E-state index in [0.717, 1.165) is 31.6 Å². The molecule has 23 heavy (non-hydrogen) atoms. The van der Waals surface area contributed by atoms with Crippen LogP contribution in [0.25, 0.3) is 0 Å². The van der Waals surface area contributed by atoms with Gasteiger partial charge < -0.3 is 10.2 Å². The highest BCUT2D eigenvalue weighted by molar-refractivity contribution is 5.95. The number of nitrogens with zero attached hydrogens (tertiary/aromatic N) is 3. The van der Waals surface area contributed by atoms with Crippen LogP contribution in [-0.4, -0.2) is 45.8 Å². The Morgan fingerprint density at radius 2 is 1.96 bits per heavy atom. The highest BCUT2D eigenvalue weighted by atomic mass is 16.2. The van der Waals surface area contributed by atoms with Crippen molar-refractivity contribution in [1.29, 1.82) is 0 Å². The summed E-state index contributed by atoms with van der Waals surface area (Å²) in [5.41, 5.74) is 1.04. The third-order valence-corrected chi connectivity index (χ3v) is 5.28. The van der Waals surface area contributed by atoms with E-state index in [1.807, 2.05) is 32.6 Å². The highest BCUT2D eigenvalue weighted by Gasteiger charge is 2.51. The normalized spacial score (nSPS) is 24.1. The van der Waals surface area contributed by atoms with Gasteiger partial charge in [0.15, 0.2) is 0 Å². The number of aryl methyl sites for hydroxylation is 2. The van der Waals surface area contributed by atoms with E-state index in [-0.39, 0.29) is 23.3 Å². The molecule has 3 rings (SSSR count). The van der Waals surface area contributed by atoms with E-state index in [9.17, 15) is 9.59 Å². The van der Waals surface area contributed by atoms with Gasteiger partial charge in [-0.15, -0.1) is 0 Å². The summed E-state index contributed by atoms with van der Waals surface area (Å²) in [5, 5.41) is 3.03. The minimum absolute atomic E-state index is 0.0119. The van der Waals surface area contributed by atoms with Crippen molar-refractivity contribution in [2.75, 3.05) is 13.1 Å². The summed E-state index contributed by atoms with van der Waals surface area (Å²) in [6, 6.07) is 0.233. The molecule has 6 nitrogen and oxygen atoms in total. The van der Waals surface area contributed by atoms with Crippen LogP contribution in [0.2, 0.25) is 0 Å². The maximum Gasteiger partial charge on any atom is 0.257 e. The predicted octanol–water partition coefficient (Wildman–Crippen LogP) is 1.47. The van der Waals surface area contributed by atoms with Crippen LogP contribution in [-0.2, 0) is 4.79 Å². The summed E-state index contributed by atoms with van der Waals surface area (Å²) in [5.74, 6) is 1.27. The molecule has 2 aliphatic rings. The molecule has 1 N–H and O–H groups in total. The number of hydrogen-bond acceptors (Lipinski definition) is 4. The summed E-state index contributed by atoms with van der Waals surface area (Å²) in [4.78, 5) is 34.6. The first-order valence-electron chi connectivity index (χ1n) is 8.21. The Hall–Kier alpha value is -1.98. The molecule has 1 unspecified atom stereocenters. The lowest BCUT2D eigenvalue weighted by Gasteiger charge is -2.50. The van der Waals surface area contributed by atoms with E-state index < -0.39 is 0 Å². The van der Waals surface area contributed by atoms with Crippen LogP contribution in [0.15, 0.2) is 6.20 Å². The van der Waals surface area contributed by atoms with Gasteiger partial charge in [-0.1, -0.05) is 0 Å². The molecular formula is C17H24N4O2. The summed E-state index contributed by atoms with van der Waals surface area (Å²) in [7, 11) is 0. The molecule has 2 fully saturated rings. The summed E-state index contributed by atoms with van der Waals surface area (Å²) >= 11 is 0. The molecule has 124 valence electrons. The lowest BCUT2D eigenvalue weighted by molar-refractivity contribution is -0.146. The average Bonchev–Trinajstić information content (AvgIpc) is 2.52. The van der Waals surface area contributed by atoms with Crippen molar-refractivity contribution < 1.29 is 9.59 Å². The molecule has 0 spiro atoms. The topological polar surface area (TPSA) is 75.2 Å². The van der Waals surface area contributed by atoms with Crippen molar-refractivity contribution in [2.24, 2.45) is 11.3 Å². The lowest BCUT2D eigenvalue weighted by atomic mass is 9.68. The number of likely N-dealkylation sites (tertiary alicyclic amines) is 1. The zero-order valence-corrected chi connectivity index (χ0v) is 14.2. The van der Waals surface area contributed by atoms with Crippen LogP contribution in [0.3, 0.4) is 0 Å². The number of carbonyl (C=O) groups is 2. The average molecular weight is 316 g/mol. The van der Waals surface area contributed by atoms with Gasteiger partial charge in [-0.3, -0.25) is 9.59 Å². The van der Waals surface area contributed by atoms with Gasteiger partial charge in [-0.05, 0) is 46.5 Å². The number of β-lactam (4-membered cyclic amide) rings is 1. The Balaban J connectivity index is 1.63. The molecule has 6 heteroatoms. The summed E-state index contributed by atoms with van der Waals surface area (Å²) < 4.78 is 0. The quantitative estimate of drug-likeness (QED) is 0.838. The van der Waals surface area contributed by atoms with E-state index in [2.05, 4.69) is 15.3 Å². The van der Waals surface area contributed by atoms with Crippen LogP contribution in [0, 0.1) is 25.2 Å². The van der Waals surface area contributed by atoms with Crippen LogP contribution in [0.5, 0.6) is 0 Å². The predicted molar refractivity (Wildman–Crippen MR) is 85.8 cm³/mol.